The van der Waals surface area contributed by atoms with E-state index in [2.05, 4.69) is 24.0 Å². The van der Waals surface area contributed by atoms with Crippen molar-refractivity contribution in [1.29, 1.82) is 0 Å². The molecule has 1 aliphatic rings. The van der Waals surface area contributed by atoms with Crippen LogP contribution in [0, 0.1) is 12.8 Å². The van der Waals surface area contributed by atoms with Gasteiger partial charge in [-0.25, -0.2) is 0 Å². The Hall–Kier alpha value is -1.06. The van der Waals surface area contributed by atoms with Crippen molar-refractivity contribution in [2.45, 2.75) is 19.4 Å². The zero-order valence-corrected chi connectivity index (χ0v) is 10.6. The predicted molar refractivity (Wildman–Crippen MR) is 69.4 cm³/mol. The third-order valence-corrected chi connectivity index (χ3v) is 3.50. The van der Waals surface area contributed by atoms with Crippen molar-refractivity contribution in [3.05, 3.63) is 29.8 Å². The maximum absolute atomic E-state index is 10.1. The highest BCUT2D eigenvalue weighted by Gasteiger charge is 2.25. The molecule has 3 heteroatoms. The van der Waals surface area contributed by atoms with Gasteiger partial charge in [-0.2, -0.15) is 0 Å². The molecule has 1 aromatic rings. The van der Waals surface area contributed by atoms with Gasteiger partial charge in [0.15, 0.2) is 0 Å². The van der Waals surface area contributed by atoms with Crippen molar-refractivity contribution in [3.63, 3.8) is 0 Å². The van der Waals surface area contributed by atoms with Gasteiger partial charge in [0, 0.05) is 31.8 Å². The Bertz CT molecular complexity index is 361. The van der Waals surface area contributed by atoms with Gasteiger partial charge in [-0.1, -0.05) is 18.2 Å². The van der Waals surface area contributed by atoms with E-state index in [9.17, 15) is 5.11 Å². The first-order valence-corrected chi connectivity index (χ1v) is 6.21. The van der Waals surface area contributed by atoms with Gasteiger partial charge in [0.05, 0.1) is 12.7 Å². The van der Waals surface area contributed by atoms with Crippen molar-refractivity contribution in [1.82, 2.24) is 0 Å². The molecular weight excluding hydrogens is 214 g/mol. The second kappa shape index (κ2) is 5.52. The number of ether oxygens (including phenoxy) is 1. The molecular formula is C14H21NO2. The normalized spacial score (nSPS) is 21.5. The Balaban J connectivity index is 1.96. The molecule has 0 aromatic heterocycles. The smallest absolute Gasteiger partial charge is 0.0765 e. The molecule has 1 fully saturated rings. The molecule has 0 bridgehead atoms. The summed E-state index contributed by atoms with van der Waals surface area (Å²) in [5.74, 6) is 0.293. The molecule has 94 valence electrons. The van der Waals surface area contributed by atoms with E-state index >= 15 is 0 Å². The van der Waals surface area contributed by atoms with Gasteiger partial charge in [0.1, 0.15) is 0 Å². The van der Waals surface area contributed by atoms with Crippen LogP contribution in [0.5, 0.6) is 0 Å². The van der Waals surface area contributed by atoms with Gasteiger partial charge >= 0.3 is 0 Å². The van der Waals surface area contributed by atoms with Gasteiger partial charge in [-0.15, -0.1) is 0 Å². The van der Waals surface area contributed by atoms with E-state index in [4.69, 9.17) is 4.74 Å². The molecule has 2 atom stereocenters. The molecule has 1 aromatic carbocycles. The molecule has 17 heavy (non-hydrogen) atoms. The SMILES string of the molecule is Cc1ccccc1N(C)CC(O)C1CCOC1. The van der Waals surface area contributed by atoms with Crippen molar-refractivity contribution in [2.75, 3.05) is 31.7 Å². The number of nitrogens with zero attached hydrogens (tertiary/aromatic N) is 1. The fourth-order valence-electron chi connectivity index (χ4n) is 2.38. The van der Waals surface area contributed by atoms with Gasteiger partial charge in [-0.3, -0.25) is 0 Å². The predicted octanol–water partition coefficient (Wildman–Crippen LogP) is 1.83. The molecule has 1 heterocycles. The van der Waals surface area contributed by atoms with E-state index < -0.39 is 0 Å². The van der Waals surface area contributed by atoms with E-state index in [1.165, 1.54) is 11.3 Å². The van der Waals surface area contributed by atoms with Crippen LogP contribution in [0.25, 0.3) is 0 Å². The lowest BCUT2D eigenvalue weighted by atomic mass is 10.0. The van der Waals surface area contributed by atoms with Crippen LogP contribution in [-0.2, 0) is 4.74 Å². The van der Waals surface area contributed by atoms with Crippen LogP contribution in [0.3, 0.4) is 0 Å². The number of hydrogen-bond donors (Lipinski definition) is 1. The largest absolute Gasteiger partial charge is 0.391 e. The molecule has 0 amide bonds. The summed E-state index contributed by atoms with van der Waals surface area (Å²) >= 11 is 0. The summed E-state index contributed by atoms with van der Waals surface area (Å²) in [7, 11) is 2.03. The first-order chi connectivity index (χ1) is 8.18. The summed E-state index contributed by atoms with van der Waals surface area (Å²) in [6.07, 6.45) is 0.671. The number of benzene rings is 1. The van der Waals surface area contributed by atoms with E-state index in [1.54, 1.807) is 0 Å². The summed E-state index contributed by atoms with van der Waals surface area (Å²) in [6.45, 7) is 4.24. The Morgan fingerprint density at radius 3 is 2.88 bits per heavy atom. The van der Waals surface area contributed by atoms with Gasteiger partial charge in [-0.05, 0) is 25.0 Å². The van der Waals surface area contributed by atoms with Crippen molar-refractivity contribution < 1.29 is 9.84 Å². The summed E-state index contributed by atoms with van der Waals surface area (Å²) in [4.78, 5) is 2.12. The average molecular weight is 235 g/mol. The highest BCUT2D eigenvalue weighted by molar-refractivity contribution is 5.52. The van der Waals surface area contributed by atoms with E-state index in [0.717, 1.165) is 13.0 Å². The summed E-state index contributed by atoms with van der Waals surface area (Å²) < 4.78 is 5.31. The van der Waals surface area contributed by atoms with E-state index in [0.29, 0.717) is 19.1 Å². The van der Waals surface area contributed by atoms with Gasteiger partial charge in [0.25, 0.3) is 0 Å². The molecule has 0 spiro atoms. The monoisotopic (exact) mass is 235 g/mol. The lowest BCUT2D eigenvalue weighted by molar-refractivity contribution is 0.0970. The zero-order chi connectivity index (χ0) is 12.3. The van der Waals surface area contributed by atoms with Crippen LogP contribution in [-0.4, -0.2) is 38.0 Å². The highest BCUT2D eigenvalue weighted by Crippen LogP contribution is 2.21. The van der Waals surface area contributed by atoms with Crippen LogP contribution in [0.1, 0.15) is 12.0 Å². The van der Waals surface area contributed by atoms with Crippen LogP contribution in [0.4, 0.5) is 5.69 Å². The lowest BCUT2D eigenvalue weighted by Gasteiger charge is -2.26. The first-order valence-electron chi connectivity index (χ1n) is 6.21. The third-order valence-electron chi connectivity index (χ3n) is 3.50. The number of rotatable bonds is 4. The Kier molecular flexibility index (Phi) is 4.02. The molecule has 1 aliphatic heterocycles. The molecule has 2 unspecified atom stereocenters. The minimum atomic E-state index is -0.304. The minimum absolute atomic E-state index is 0.293. The molecule has 1 saturated heterocycles. The molecule has 2 rings (SSSR count). The standard InChI is InChI=1S/C14H21NO2/c1-11-5-3-4-6-13(11)15(2)9-14(16)12-7-8-17-10-12/h3-6,12,14,16H,7-10H2,1-2H3. The number of likely N-dealkylation sites (N-methyl/N-ethyl adjacent to an activating group) is 1. The fraction of sp³-hybridized carbons (Fsp3) is 0.571. The highest BCUT2D eigenvalue weighted by atomic mass is 16.5. The fourth-order valence-corrected chi connectivity index (χ4v) is 2.38. The zero-order valence-electron chi connectivity index (χ0n) is 10.6. The first kappa shape index (κ1) is 12.4. The maximum atomic E-state index is 10.1. The summed E-state index contributed by atoms with van der Waals surface area (Å²) in [6, 6.07) is 8.25. The summed E-state index contributed by atoms with van der Waals surface area (Å²) in [5.41, 5.74) is 2.43. The van der Waals surface area contributed by atoms with Gasteiger partial charge < -0.3 is 14.7 Å². The number of para-hydroxylation sites is 1. The second-order valence-corrected chi connectivity index (χ2v) is 4.86. The molecule has 0 aliphatic carbocycles. The lowest BCUT2D eigenvalue weighted by Crippen LogP contribution is -2.34. The summed E-state index contributed by atoms with van der Waals surface area (Å²) in [5, 5.41) is 10.1. The maximum Gasteiger partial charge on any atom is 0.0765 e. The Labute approximate surface area is 103 Å². The molecule has 0 saturated carbocycles. The number of aryl methyl sites for hydroxylation is 1. The topological polar surface area (TPSA) is 32.7 Å². The van der Waals surface area contributed by atoms with Crippen LogP contribution in [0.15, 0.2) is 24.3 Å². The van der Waals surface area contributed by atoms with Gasteiger partial charge in [0.2, 0.25) is 0 Å². The number of aliphatic hydroxyl groups is 1. The molecule has 3 nitrogen and oxygen atoms in total. The second-order valence-electron chi connectivity index (χ2n) is 4.86. The van der Waals surface area contributed by atoms with Crippen LogP contribution < -0.4 is 4.90 Å². The third kappa shape index (κ3) is 2.99. The van der Waals surface area contributed by atoms with Crippen LogP contribution >= 0.6 is 0 Å². The minimum Gasteiger partial charge on any atom is -0.391 e. The van der Waals surface area contributed by atoms with Crippen molar-refractivity contribution in [2.24, 2.45) is 5.92 Å². The average Bonchev–Trinajstić information content (AvgIpc) is 2.82. The van der Waals surface area contributed by atoms with Crippen molar-refractivity contribution in [3.8, 4) is 0 Å². The molecule has 0 radical (unpaired) electrons. The Morgan fingerprint density at radius 2 is 2.24 bits per heavy atom. The van der Waals surface area contributed by atoms with Crippen molar-refractivity contribution >= 4 is 5.69 Å². The number of aliphatic hydroxyl groups excluding tert-OH is 1. The van der Waals surface area contributed by atoms with E-state index in [-0.39, 0.29) is 6.10 Å². The number of hydrogen-bond acceptors (Lipinski definition) is 3. The number of anilines is 1. The van der Waals surface area contributed by atoms with E-state index in [1.807, 2.05) is 19.2 Å². The molecule has 1 N–H and O–H groups in total. The Morgan fingerprint density at radius 1 is 1.47 bits per heavy atom. The van der Waals surface area contributed by atoms with Crippen LogP contribution in [0.2, 0.25) is 0 Å². The quantitative estimate of drug-likeness (QED) is 0.864.